The van der Waals surface area contributed by atoms with Crippen LogP contribution in [0.5, 0.6) is 0 Å². The summed E-state index contributed by atoms with van der Waals surface area (Å²) in [5.41, 5.74) is 6.95. The molecular formula is C31H23N5O4. The van der Waals surface area contributed by atoms with Crippen LogP contribution in [0.25, 0.3) is 28.0 Å². The Morgan fingerprint density at radius 2 is 1.73 bits per heavy atom. The molecule has 0 fully saturated rings. The SMILES string of the molecule is N#Cc1cn2cc(-c3cccc(C[C@H](NC(=O)OCC4c5ccccc5-c5ccccc54)C(=O)O)c3)cnc2n1. The van der Waals surface area contributed by atoms with Gasteiger partial charge in [-0.2, -0.15) is 10.2 Å². The summed E-state index contributed by atoms with van der Waals surface area (Å²) in [6.07, 6.45) is 4.32. The number of hydrogen-bond acceptors (Lipinski definition) is 6. The highest BCUT2D eigenvalue weighted by Gasteiger charge is 2.29. The Morgan fingerprint density at radius 1 is 1.00 bits per heavy atom. The predicted octanol–water partition coefficient (Wildman–Crippen LogP) is 4.80. The molecule has 1 amide bonds. The first kappa shape index (κ1) is 24.8. The maximum atomic E-state index is 12.7. The van der Waals surface area contributed by atoms with Gasteiger partial charge in [0.2, 0.25) is 5.78 Å². The van der Waals surface area contributed by atoms with E-state index in [1.54, 1.807) is 29.1 Å². The summed E-state index contributed by atoms with van der Waals surface area (Å²) in [5.74, 6) is -0.872. The summed E-state index contributed by atoms with van der Waals surface area (Å²) < 4.78 is 7.22. The van der Waals surface area contributed by atoms with Crippen LogP contribution in [0, 0.1) is 11.3 Å². The van der Waals surface area contributed by atoms with Crippen LogP contribution >= 0.6 is 0 Å². The van der Waals surface area contributed by atoms with Crippen molar-refractivity contribution >= 4 is 17.8 Å². The summed E-state index contributed by atoms with van der Waals surface area (Å²) in [7, 11) is 0. The number of carboxylic acid groups (broad SMARTS) is 1. The average molecular weight is 530 g/mol. The number of imidazole rings is 1. The van der Waals surface area contributed by atoms with Crippen molar-refractivity contribution in [1.29, 1.82) is 5.26 Å². The zero-order valence-corrected chi connectivity index (χ0v) is 21.2. The van der Waals surface area contributed by atoms with E-state index in [1.807, 2.05) is 60.7 Å². The molecule has 0 bridgehead atoms. The molecule has 2 N–H and O–H groups in total. The Hall–Kier alpha value is -5.49. The number of hydrogen-bond donors (Lipinski definition) is 2. The highest BCUT2D eigenvalue weighted by Crippen LogP contribution is 2.44. The van der Waals surface area contributed by atoms with E-state index in [1.165, 1.54) is 0 Å². The highest BCUT2D eigenvalue weighted by atomic mass is 16.5. The van der Waals surface area contributed by atoms with Gasteiger partial charge in [-0.05, 0) is 33.4 Å². The van der Waals surface area contributed by atoms with Gasteiger partial charge < -0.3 is 15.2 Å². The number of amides is 1. The minimum atomic E-state index is -1.18. The molecule has 0 aliphatic heterocycles. The number of alkyl carbamates (subject to hydrolysis) is 1. The van der Waals surface area contributed by atoms with Gasteiger partial charge in [0.1, 0.15) is 18.7 Å². The van der Waals surface area contributed by atoms with Crippen molar-refractivity contribution in [3.63, 3.8) is 0 Å². The molecular weight excluding hydrogens is 506 g/mol. The van der Waals surface area contributed by atoms with Crippen LogP contribution in [0.1, 0.15) is 28.3 Å². The second-order valence-corrected chi connectivity index (χ2v) is 9.55. The number of aliphatic carboxylic acids is 1. The van der Waals surface area contributed by atoms with E-state index in [2.05, 4.69) is 27.4 Å². The van der Waals surface area contributed by atoms with Crippen LogP contribution in [0.3, 0.4) is 0 Å². The van der Waals surface area contributed by atoms with E-state index >= 15 is 0 Å². The van der Waals surface area contributed by atoms with Gasteiger partial charge in [-0.3, -0.25) is 4.40 Å². The molecule has 40 heavy (non-hydrogen) atoms. The summed E-state index contributed by atoms with van der Waals surface area (Å²) in [6, 6.07) is 24.2. The van der Waals surface area contributed by atoms with Crippen molar-refractivity contribution in [3.05, 3.63) is 114 Å². The number of ether oxygens (including phenoxy) is 1. The summed E-state index contributed by atoms with van der Waals surface area (Å²) >= 11 is 0. The molecule has 9 nitrogen and oxygen atoms in total. The van der Waals surface area contributed by atoms with Gasteiger partial charge in [0.05, 0.1) is 0 Å². The number of nitrogens with one attached hydrogen (secondary N) is 1. The lowest BCUT2D eigenvalue weighted by atomic mass is 9.98. The normalized spacial score (nSPS) is 12.8. The number of nitrogens with zero attached hydrogens (tertiary/aromatic N) is 4. The number of aromatic nitrogens is 3. The Labute approximate surface area is 229 Å². The fraction of sp³-hybridized carbons (Fsp3) is 0.129. The first-order valence-corrected chi connectivity index (χ1v) is 12.7. The molecule has 5 aromatic rings. The molecule has 2 aromatic heterocycles. The Balaban J connectivity index is 1.14. The topological polar surface area (TPSA) is 130 Å². The molecule has 2 heterocycles. The Bertz CT molecular complexity index is 1760. The van der Waals surface area contributed by atoms with E-state index in [4.69, 9.17) is 10.00 Å². The van der Waals surface area contributed by atoms with Crippen molar-refractivity contribution in [3.8, 4) is 28.3 Å². The van der Waals surface area contributed by atoms with Crippen LogP contribution in [-0.2, 0) is 16.0 Å². The molecule has 1 aliphatic rings. The largest absolute Gasteiger partial charge is 0.480 e. The second-order valence-electron chi connectivity index (χ2n) is 9.55. The van der Waals surface area contributed by atoms with E-state index in [0.29, 0.717) is 11.3 Å². The zero-order chi connectivity index (χ0) is 27.6. The number of fused-ring (bicyclic) bond motifs is 4. The molecule has 196 valence electrons. The van der Waals surface area contributed by atoms with Gasteiger partial charge in [0, 0.05) is 36.5 Å². The molecule has 0 spiro atoms. The van der Waals surface area contributed by atoms with E-state index in [-0.39, 0.29) is 24.6 Å². The van der Waals surface area contributed by atoms with Crippen LogP contribution in [0.4, 0.5) is 4.79 Å². The van der Waals surface area contributed by atoms with Gasteiger partial charge >= 0.3 is 12.1 Å². The number of carboxylic acids is 1. The first-order valence-electron chi connectivity index (χ1n) is 12.7. The minimum absolute atomic E-state index is 0.0622. The van der Waals surface area contributed by atoms with Crippen molar-refractivity contribution in [2.45, 2.75) is 18.4 Å². The number of nitriles is 1. The third-order valence-electron chi connectivity index (χ3n) is 7.06. The molecule has 3 aromatic carbocycles. The van der Waals surface area contributed by atoms with E-state index < -0.39 is 18.1 Å². The van der Waals surface area contributed by atoms with Crippen LogP contribution < -0.4 is 5.32 Å². The molecule has 9 heteroatoms. The lowest BCUT2D eigenvalue weighted by molar-refractivity contribution is -0.139. The van der Waals surface area contributed by atoms with Gasteiger partial charge in [0.15, 0.2) is 5.69 Å². The van der Waals surface area contributed by atoms with E-state index in [0.717, 1.165) is 33.4 Å². The minimum Gasteiger partial charge on any atom is -0.480 e. The molecule has 1 aliphatic carbocycles. The third kappa shape index (κ3) is 4.74. The number of carbonyl (C=O) groups excluding carboxylic acids is 1. The maximum absolute atomic E-state index is 12.7. The number of benzene rings is 3. The second kappa shape index (κ2) is 10.3. The molecule has 6 rings (SSSR count). The summed E-state index contributed by atoms with van der Waals surface area (Å²) in [5, 5.41) is 21.4. The summed E-state index contributed by atoms with van der Waals surface area (Å²) in [6.45, 7) is 0.0962. The molecule has 0 unspecified atom stereocenters. The van der Waals surface area contributed by atoms with Gasteiger partial charge in [-0.25, -0.2) is 14.6 Å². The molecule has 0 saturated carbocycles. The van der Waals surface area contributed by atoms with Crippen molar-refractivity contribution in [1.82, 2.24) is 19.7 Å². The van der Waals surface area contributed by atoms with Crippen LogP contribution in [-0.4, -0.2) is 44.2 Å². The predicted molar refractivity (Wildman–Crippen MR) is 146 cm³/mol. The van der Waals surface area contributed by atoms with Crippen LogP contribution in [0.2, 0.25) is 0 Å². The van der Waals surface area contributed by atoms with Crippen molar-refractivity contribution < 1.29 is 19.4 Å². The molecule has 0 saturated heterocycles. The quantitative estimate of drug-likeness (QED) is 0.310. The average Bonchev–Trinajstić information content (AvgIpc) is 3.54. The Kier molecular flexibility index (Phi) is 6.42. The highest BCUT2D eigenvalue weighted by molar-refractivity contribution is 5.81. The standard InChI is InChI=1S/C31H23N5O4/c32-14-22-17-36-16-21(15-33-30(36)34-22)20-7-5-6-19(12-20)13-28(29(37)38)35-31(39)40-18-27-25-10-3-1-8-23(25)24-9-2-4-11-26(24)27/h1-12,15-17,27-28H,13,18H2,(H,35,39)(H,37,38)/t28-/m0/s1. The Morgan fingerprint density at radius 3 is 2.42 bits per heavy atom. The third-order valence-corrected chi connectivity index (χ3v) is 7.06. The molecule has 0 radical (unpaired) electrons. The fourth-order valence-corrected chi connectivity index (χ4v) is 5.18. The number of rotatable bonds is 7. The monoisotopic (exact) mass is 529 g/mol. The van der Waals surface area contributed by atoms with Crippen molar-refractivity contribution in [2.75, 3.05) is 6.61 Å². The van der Waals surface area contributed by atoms with Gasteiger partial charge in [0.25, 0.3) is 0 Å². The van der Waals surface area contributed by atoms with E-state index in [9.17, 15) is 14.7 Å². The lowest BCUT2D eigenvalue weighted by Gasteiger charge is -2.18. The van der Waals surface area contributed by atoms with Gasteiger partial charge in [-0.1, -0.05) is 72.8 Å². The maximum Gasteiger partial charge on any atom is 0.407 e. The zero-order valence-electron chi connectivity index (χ0n) is 21.2. The summed E-state index contributed by atoms with van der Waals surface area (Å²) in [4.78, 5) is 33.2. The fourth-order valence-electron chi connectivity index (χ4n) is 5.18. The van der Waals surface area contributed by atoms with Crippen LogP contribution in [0.15, 0.2) is 91.4 Å². The first-order chi connectivity index (χ1) is 19.5. The number of carbonyl (C=O) groups is 2. The smallest absolute Gasteiger partial charge is 0.407 e. The van der Waals surface area contributed by atoms with Gasteiger partial charge in [-0.15, -0.1) is 0 Å². The lowest BCUT2D eigenvalue weighted by Crippen LogP contribution is -2.42. The molecule has 1 atom stereocenters. The van der Waals surface area contributed by atoms with Crippen molar-refractivity contribution in [2.24, 2.45) is 0 Å².